The Labute approximate surface area is 96.4 Å². The van der Waals surface area contributed by atoms with Gasteiger partial charge in [-0.15, -0.1) is 0 Å². The number of nitrogens with zero attached hydrogens (tertiary/aromatic N) is 1. The molecule has 0 bridgehead atoms. The van der Waals surface area contributed by atoms with Crippen molar-refractivity contribution in [2.75, 3.05) is 20.1 Å². The molecule has 1 saturated heterocycles. The van der Waals surface area contributed by atoms with Crippen LogP contribution in [0.4, 0.5) is 0 Å². The van der Waals surface area contributed by atoms with Crippen molar-refractivity contribution >= 4 is 0 Å². The van der Waals surface area contributed by atoms with E-state index in [1.54, 1.807) is 0 Å². The molecule has 2 atom stereocenters. The van der Waals surface area contributed by atoms with Crippen molar-refractivity contribution in [3.63, 3.8) is 0 Å². The molecule has 0 amide bonds. The first-order valence-corrected chi connectivity index (χ1v) is 6.73. The molecule has 0 aromatic carbocycles. The van der Waals surface area contributed by atoms with Crippen molar-refractivity contribution in [1.82, 2.24) is 10.2 Å². The molecule has 2 unspecified atom stereocenters. The third-order valence-electron chi connectivity index (χ3n) is 3.24. The van der Waals surface area contributed by atoms with Crippen LogP contribution in [-0.4, -0.2) is 37.1 Å². The number of likely N-dealkylation sites (N-methyl/N-ethyl adjacent to an activating group) is 1. The Morgan fingerprint density at radius 3 is 2.40 bits per heavy atom. The van der Waals surface area contributed by atoms with E-state index in [4.69, 9.17) is 0 Å². The van der Waals surface area contributed by atoms with E-state index in [0.29, 0.717) is 0 Å². The molecule has 0 aromatic rings. The molecule has 1 aliphatic rings. The van der Waals surface area contributed by atoms with Gasteiger partial charge < -0.3 is 5.32 Å². The molecule has 1 rings (SSSR count). The second-order valence-corrected chi connectivity index (χ2v) is 4.12. The molecule has 92 valence electrons. The summed E-state index contributed by atoms with van der Waals surface area (Å²) in [6, 6.07) is 1.58. The number of nitrogens with one attached hydrogen (secondary N) is 1. The highest BCUT2D eigenvalue weighted by molar-refractivity contribution is 4.83. The van der Waals surface area contributed by atoms with Crippen molar-refractivity contribution < 1.29 is 0 Å². The Morgan fingerprint density at radius 1 is 1.33 bits per heavy atom. The molecular weight excluding hydrogens is 184 g/mol. The van der Waals surface area contributed by atoms with Gasteiger partial charge in [0.1, 0.15) is 0 Å². The van der Waals surface area contributed by atoms with Crippen LogP contribution in [0.25, 0.3) is 0 Å². The van der Waals surface area contributed by atoms with Crippen molar-refractivity contribution in [2.45, 2.75) is 65.5 Å². The van der Waals surface area contributed by atoms with Gasteiger partial charge in [-0.05, 0) is 26.3 Å². The first-order chi connectivity index (χ1) is 7.31. The molecule has 0 saturated carbocycles. The Hall–Kier alpha value is -0.0800. The van der Waals surface area contributed by atoms with E-state index in [1.807, 2.05) is 13.8 Å². The molecule has 1 aliphatic heterocycles. The molecule has 0 aromatic heterocycles. The number of likely N-dealkylation sites (tertiary alicyclic amines) is 1. The summed E-state index contributed by atoms with van der Waals surface area (Å²) < 4.78 is 0. The van der Waals surface area contributed by atoms with Gasteiger partial charge in [0.2, 0.25) is 0 Å². The highest BCUT2D eigenvalue weighted by Gasteiger charge is 2.25. The highest BCUT2D eigenvalue weighted by atomic mass is 15.2. The first-order valence-electron chi connectivity index (χ1n) is 6.73. The largest absolute Gasteiger partial charge is 0.316 e. The second kappa shape index (κ2) is 9.17. The summed E-state index contributed by atoms with van der Waals surface area (Å²) in [7, 11) is 2.08. The van der Waals surface area contributed by atoms with E-state index in [2.05, 4.69) is 31.1 Å². The van der Waals surface area contributed by atoms with Crippen molar-refractivity contribution in [3.05, 3.63) is 0 Å². The normalized spacial score (nSPS) is 23.4. The zero-order valence-corrected chi connectivity index (χ0v) is 11.3. The fourth-order valence-corrected chi connectivity index (χ4v) is 2.33. The van der Waals surface area contributed by atoms with Crippen LogP contribution >= 0.6 is 0 Å². The summed E-state index contributed by atoms with van der Waals surface area (Å²) in [5.41, 5.74) is 0. The quantitative estimate of drug-likeness (QED) is 0.757. The molecule has 0 spiro atoms. The lowest BCUT2D eigenvalue weighted by Crippen LogP contribution is -2.36. The first kappa shape index (κ1) is 14.9. The fourth-order valence-electron chi connectivity index (χ4n) is 2.33. The van der Waals surface area contributed by atoms with E-state index in [1.165, 1.54) is 38.8 Å². The van der Waals surface area contributed by atoms with Gasteiger partial charge in [-0.2, -0.15) is 0 Å². The van der Waals surface area contributed by atoms with E-state index in [0.717, 1.165) is 12.1 Å². The fraction of sp³-hybridized carbons (Fsp3) is 1.00. The third kappa shape index (κ3) is 4.98. The average molecular weight is 214 g/mol. The van der Waals surface area contributed by atoms with Crippen molar-refractivity contribution in [3.8, 4) is 0 Å². The average Bonchev–Trinajstić information content (AvgIpc) is 2.77. The predicted octanol–water partition coefficient (Wildman–Crippen LogP) is 2.89. The lowest BCUT2D eigenvalue weighted by Gasteiger charge is -2.26. The second-order valence-electron chi connectivity index (χ2n) is 4.12. The summed E-state index contributed by atoms with van der Waals surface area (Å²) in [5, 5.41) is 3.37. The molecule has 0 radical (unpaired) electrons. The van der Waals surface area contributed by atoms with Gasteiger partial charge in [0, 0.05) is 25.2 Å². The van der Waals surface area contributed by atoms with Crippen LogP contribution in [0.15, 0.2) is 0 Å². The number of rotatable bonds is 5. The summed E-state index contributed by atoms with van der Waals surface area (Å²) in [6.07, 6.45) is 5.33. The zero-order chi connectivity index (χ0) is 11.7. The molecule has 1 fully saturated rings. The van der Waals surface area contributed by atoms with Crippen LogP contribution in [0, 0.1) is 0 Å². The van der Waals surface area contributed by atoms with Gasteiger partial charge in [0.15, 0.2) is 0 Å². The predicted molar refractivity (Wildman–Crippen MR) is 69.4 cm³/mol. The lowest BCUT2D eigenvalue weighted by molar-refractivity contribution is 0.218. The maximum absolute atomic E-state index is 3.37. The molecule has 2 heteroatoms. The molecule has 0 aliphatic carbocycles. The van der Waals surface area contributed by atoms with E-state index < -0.39 is 0 Å². The van der Waals surface area contributed by atoms with Gasteiger partial charge in [-0.1, -0.05) is 34.1 Å². The standard InChI is InChI=1S/C11H24N2.C2H6/c1-4-6-11(5-2)13-8-7-10(9-13)12-3;1-2/h10-12H,4-9H2,1-3H3;1-2H3. The van der Waals surface area contributed by atoms with Gasteiger partial charge >= 0.3 is 0 Å². The van der Waals surface area contributed by atoms with Crippen LogP contribution in [-0.2, 0) is 0 Å². The van der Waals surface area contributed by atoms with E-state index in [-0.39, 0.29) is 0 Å². The summed E-state index contributed by atoms with van der Waals surface area (Å²) >= 11 is 0. The van der Waals surface area contributed by atoms with Crippen LogP contribution in [0.3, 0.4) is 0 Å². The Kier molecular flexibility index (Phi) is 9.12. The van der Waals surface area contributed by atoms with E-state index >= 15 is 0 Å². The minimum atomic E-state index is 0.742. The zero-order valence-electron chi connectivity index (χ0n) is 11.3. The smallest absolute Gasteiger partial charge is 0.0204 e. The topological polar surface area (TPSA) is 15.3 Å². The maximum Gasteiger partial charge on any atom is 0.0204 e. The van der Waals surface area contributed by atoms with Crippen LogP contribution in [0.2, 0.25) is 0 Å². The highest BCUT2D eigenvalue weighted by Crippen LogP contribution is 2.17. The minimum Gasteiger partial charge on any atom is -0.316 e. The monoisotopic (exact) mass is 214 g/mol. The van der Waals surface area contributed by atoms with Crippen LogP contribution < -0.4 is 5.32 Å². The van der Waals surface area contributed by atoms with Crippen molar-refractivity contribution in [1.29, 1.82) is 0 Å². The van der Waals surface area contributed by atoms with Crippen molar-refractivity contribution in [2.24, 2.45) is 0 Å². The van der Waals surface area contributed by atoms with Crippen LogP contribution in [0.1, 0.15) is 53.4 Å². The lowest BCUT2D eigenvalue weighted by atomic mass is 10.1. The third-order valence-corrected chi connectivity index (χ3v) is 3.24. The molecular formula is C13H30N2. The Morgan fingerprint density at radius 2 is 2.00 bits per heavy atom. The summed E-state index contributed by atoms with van der Waals surface area (Å²) in [4.78, 5) is 2.66. The number of hydrogen-bond acceptors (Lipinski definition) is 2. The molecule has 15 heavy (non-hydrogen) atoms. The van der Waals surface area contributed by atoms with E-state index in [9.17, 15) is 0 Å². The van der Waals surface area contributed by atoms with Crippen LogP contribution in [0.5, 0.6) is 0 Å². The molecule has 1 N–H and O–H groups in total. The Balaban J connectivity index is 0.000000921. The summed E-state index contributed by atoms with van der Waals surface area (Å²) in [6.45, 7) is 11.2. The number of hydrogen-bond donors (Lipinski definition) is 1. The maximum atomic E-state index is 3.37. The summed E-state index contributed by atoms with van der Waals surface area (Å²) in [5.74, 6) is 0. The van der Waals surface area contributed by atoms with Gasteiger partial charge in [0.05, 0.1) is 0 Å². The minimum absolute atomic E-state index is 0.742. The van der Waals surface area contributed by atoms with Gasteiger partial charge in [0.25, 0.3) is 0 Å². The Bertz CT molecular complexity index is 136. The van der Waals surface area contributed by atoms with Gasteiger partial charge in [-0.3, -0.25) is 4.90 Å². The van der Waals surface area contributed by atoms with Gasteiger partial charge in [-0.25, -0.2) is 0 Å². The molecule has 2 nitrogen and oxygen atoms in total. The SMILES string of the molecule is CC.CCCC(CC)N1CCC(NC)C1. The molecule has 1 heterocycles.